The van der Waals surface area contributed by atoms with Crippen molar-refractivity contribution < 1.29 is 14.6 Å². The molecular formula is C14H16N2O4. The molecule has 3 N–H and O–H groups in total. The molecule has 0 radical (unpaired) electrons. The van der Waals surface area contributed by atoms with Crippen LogP contribution in [0.4, 0.5) is 0 Å². The Bertz CT molecular complexity index is 706. The average molecular weight is 276 g/mol. The van der Waals surface area contributed by atoms with Gasteiger partial charge in [-0.3, -0.25) is 4.79 Å². The summed E-state index contributed by atoms with van der Waals surface area (Å²) in [7, 11) is 0. The van der Waals surface area contributed by atoms with E-state index in [9.17, 15) is 9.59 Å². The van der Waals surface area contributed by atoms with E-state index in [0.29, 0.717) is 36.3 Å². The van der Waals surface area contributed by atoms with Crippen molar-refractivity contribution in [2.45, 2.75) is 13.5 Å². The molecule has 0 bridgehead atoms. The smallest absolute Gasteiger partial charge is 0.341 e. The maximum absolute atomic E-state index is 12.2. The molecule has 0 aliphatic heterocycles. The summed E-state index contributed by atoms with van der Waals surface area (Å²) in [5.41, 5.74) is 5.26. The fourth-order valence-electron chi connectivity index (χ4n) is 2.11. The zero-order valence-electron chi connectivity index (χ0n) is 11.1. The molecule has 1 heterocycles. The molecule has 0 unspecified atom stereocenters. The van der Waals surface area contributed by atoms with Crippen LogP contribution in [0.25, 0.3) is 10.9 Å². The minimum absolute atomic E-state index is 0.240. The highest BCUT2D eigenvalue weighted by atomic mass is 16.5. The van der Waals surface area contributed by atoms with Crippen molar-refractivity contribution in [2.75, 3.05) is 13.2 Å². The van der Waals surface area contributed by atoms with Gasteiger partial charge < -0.3 is 20.1 Å². The number of para-hydroxylation sites is 1. The van der Waals surface area contributed by atoms with Crippen molar-refractivity contribution >= 4 is 16.9 Å². The zero-order chi connectivity index (χ0) is 14.7. The highest BCUT2D eigenvalue weighted by Gasteiger charge is 2.16. The van der Waals surface area contributed by atoms with Crippen molar-refractivity contribution in [1.82, 2.24) is 4.57 Å². The molecule has 1 aromatic heterocycles. The molecule has 0 fully saturated rings. The summed E-state index contributed by atoms with van der Waals surface area (Å²) in [5.74, 6) is -0.698. The molecule has 2 rings (SSSR count). The first-order chi connectivity index (χ1) is 9.60. The van der Waals surface area contributed by atoms with Crippen molar-refractivity contribution in [3.05, 3.63) is 40.2 Å². The van der Waals surface area contributed by atoms with Gasteiger partial charge in [0.1, 0.15) is 17.9 Å². The van der Waals surface area contributed by atoms with Crippen LogP contribution in [0, 0.1) is 0 Å². The molecule has 0 aliphatic rings. The van der Waals surface area contributed by atoms with E-state index >= 15 is 0 Å². The first kappa shape index (κ1) is 14.1. The Hall–Kier alpha value is -2.34. The summed E-state index contributed by atoms with van der Waals surface area (Å²) in [5, 5.41) is 9.43. The third-order valence-corrected chi connectivity index (χ3v) is 3.01. The number of pyridine rings is 1. The molecule has 2 aromatic rings. The van der Waals surface area contributed by atoms with E-state index in [4.69, 9.17) is 15.6 Å². The molecule has 20 heavy (non-hydrogen) atoms. The van der Waals surface area contributed by atoms with E-state index in [-0.39, 0.29) is 5.56 Å². The number of hydrogen-bond donors (Lipinski definition) is 2. The molecule has 106 valence electrons. The molecule has 6 nitrogen and oxygen atoms in total. The van der Waals surface area contributed by atoms with E-state index in [2.05, 4.69) is 0 Å². The van der Waals surface area contributed by atoms with Gasteiger partial charge in [0, 0.05) is 19.3 Å². The van der Waals surface area contributed by atoms with E-state index in [1.165, 1.54) is 6.20 Å². The molecule has 0 atom stereocenters. The van der Waals surface area contributed by atoms with Gasteiger partial charge in [0.15, 0.2) is 0 Å². The fourth-order valence-corrected chi connectivity index (χ4v) is 2.11. The monoisotopic (exact) mass is 276 g/mol. The van der Waals surface area contributed by atoms with Gasteiger partial charge in [-0.05, 0) is 19.1 Å². The number of hydrogen-bond acceptors (Lipinski definition) is 4. The zero-order valence-corrected chi connectivity index (χ0v) is 11.1. The van der Waals surface area contributed by atoms with Crippen LogP contribution in [0.2, 0.25) is 0 Å². The van der Waals surface area contributed by atoms with Crippen molar-refractivity contribution in [1.29, 1.82) is 0 Å². The number of carboxylic acid groups (broad SMARTS) is 1. The summed E-state index contributed by atoms with van der Waals surface area (Å²) in [6.07, 6.45) is 1.35. The lowest BCUT2D eigenvalue weighted by molar-refractivity contribution is 0.0695. The maximum atomic E-state index is 12.2. The molecular weight excluding hydrogens is 260 g/mol. The van der Waals surface area contributed by atoms with Crippen LogP contribution in [0.1, 0.15) is 17.3 Å². The van der Waals surface area contributed by atoms with Gasteiger partial charge in [-0.15, -0.1) is 0 Å². The SMILES string of the molecule is CCn1cc(C(=O)O)c(=O)c2cccc(OCCN)c21. The summed E-state index contributed by atoms with van der Waals surface area (Å²) in [6.45, 7) is 3.09. The second-order valence-electron chi connectivity index (χ2n) is 4.25. The number of rotatable bonds is 5. The molecule has 0 saturated heterocycles. The largest absolute Gasteiger partial charge is 0.490 e. The Labute approximate surface area is 115 Å². The number of nitrogens with two attached hydrogens (primary N) is 1. The Morgan fingerprint density at radius 2 is 2.20 bits per heavy atom. The topological polar surface area (TPSA) is 94.5 Å². The molecule has 1 aromatic carbocycles. The van der Waals surface area contributed by atoms with Gasteiger partial charge in [-0.25, -0.2) is 4.79 Å². The fraction of sp³-hybridized carbons (Fsp3) is 0.286. The Balaban J connectivity index is 2.78. The highest BCUT2D eigenvalue weighted by Crippen LogP contribution is 2.24. The number of aromatic nitrogens is 1. The second-order valence-corrected chi connectivity index (χ2v) is 4.25. The lowest BCUT2D eigenvalue weighted by Crippen LogP contribution is -2.19. The first-order valence-electron chi connectivity index (χ1n) is 6.32. The van der Waals surface area contributed by atoms with Crippen LogP contribution in [0.15, 0.2) is 29.2 Å². The summed E-state index contributed by atoms with van der Waals surface area (Å²) < 4.78 is 7.23. The second kappa shape index (κ2) is 5.75. The third kappa shape index (κ3) is 2.37. The molecule has 0 amide bonds. The molecule has 0 spiro atoms. The van der Waals surface area contributed by atoms with E-state index < -0.39 is 11.4 Å². The van der Waals surface area contributed by atoms with Crippen LogP contribution in [-0.2, 0) is 6.54 Å². The normalized spacial score (nSPS) is 10.7. The Morgan fingerprint density at radius 3 is 2.80 bits per heavy atom. The predicted octanol–water partition coefficient (Wildman–Crippen LogP) is 1.06. The third-order valence-electron chi connectivity index (χ3n) is 3.01. The number of aromatic carboxylic acids is 1. The summed E-state index contributed by atoms with van der Waals surface area (Å²) in [6, 6.07) is 5.01. The minimum Gasteiger partial charge on any atom is -0.490 e. The van der Waals surface area contributed by atoms with E-state index in [1.807, 2.05) is 6.92 Å². The average Bonchev–Trinajstić information content (AvgIpc) is 2.45. The van der Waals surface area contributed by atoms with E-state index in [1.54, 1.807) is 22.8 Å². The first-order valence-corrected chi connectivity index (χ1v) is 6.32. The van der Waals surface area contributed by atoms with Gasteiger partial charge in [0.2, 0.25) is 5.43 Å². The van der Waals surface area contributed by atoms with Crippen molar-refractivity contribution in [3.63, 3.8) is 0 Å². The molecule has 0 aliphatic carbocycles. The van der Waals surface area contributed by atoms with Crippen molar-refractivity contribution in [2.24, 2.45) is 5.73 Å². The lowest BCUT2D eigenvalue weighted by Gasteiger charge is -2.14. The van der Waals surface area contributed by atoms with Gasteiger partial charge >= 0.3 is 5.97 Å². The number of fused-ring (bicyclic) bond motifs is 1. The van der Waals surface area contributed by atoms with Crippen LogP contribution >= 0.6 is 0 Å². The Kier molecular flexibility index (Phi) is 4.05. The number of ether oxygens (including phenoxy) is 1. The maximum Gasteiger partial charge on any atom is 0.341 e. The van der Waals surface area contributed by atoms with Crippen molar-refractivity contribution in [3.8, 4) is 5.75 Å². The highest BCUT2D eigenvalue weighted by molar-refractivity contribution is 5.94. The van der Waals surface area contributed by atoms with Gasteiger partial charge in [-0.2, -0.15) is 0 Å². The van der Waals surface area contributed by atoms with Crippen LogP contribution in [0.5, 0.6) is 5.75 Å². The minimum atomic E-state index is -1.23. The summed E-state index contributed by atoms with van der Waals surface area (Å²) in [4.78, 5) is 23.3. The number of carboxylic acids is 1. The Morgan fingerprint density at radius 1 is 1.45 bits per heavy atom. The van der Waals surface area contributed by atoms with E-state index in [0.717, 1.165) is 0 Å². The number of nitrogens with zero attached hydrogens (tertiary/aromatic N) is 1. The summed E-state index contributed by atoms with van der Waals surface area (Å²) >= 11 is 0. The van der Waals surface area contributed by atoms with Gasteiger partial charge in [0.05, 0.1) is 10.9 Å². The predicted molar refractivity (Wildman–Crippen MR) is 75.4 cm³/mol. The number of benzene rings is 1. The van der Waals surface area contributed by atoms with Gasteiger partial charge in [-0.1, -0.05) is 6.07 Å². The quantitative estimate of drug-likeness (QED) is 0.851. The van der Waals surface area contributed by atoms with Crippen LogP contribution < -0.4 is 15.9 Å². The van der Waals surface area contributed by atoms with Gasteiger partial charge in [0.25, 0.3) is 0 Å². The molecule has 0 saturated carbocycles. The van der Waals surface area contributed by atoms with Crippen LogP contribution in [-0.4, -0.2) is 28.8 Å². The molecule has 6 heteroatoms. The number of carbonyl (C=O) groups is 1. The number of aryl methyl sites for hydroxylation is 1. The lowest BCUT2D eigenvalue weighted by atomic mass is 10.1. The standard InChI is InChI=1S/C14H16N2O4/c1-2-16-8-10(14(18)19)13(17)9-4-3-5-11(12(9)16)20-7-6-15/h3-5,8H,2,6-7,15H2,1H3,(H,18,19). The van der Waals surface area contributed by atoms with Crippen LogP contribution in [0.3, 0.4) is 0 Å².